The number of amides is 1. The van der Waals surface area contributed by atoms with Gasteiger partial charge in [-0.2, -0.15) is 0 Å². The highest BCUT2D eigenvalue weighted by Gasteiger charge is 2.47. The minimum absolute atomic E-state index is 0.0160. The Morgan fingerprint density at radius 2 is 1.69 bits per heavy atom. The van der Waals surface area contributed by atoms with Crippen LogP contribution in [0.15, 0.2) is 78.6 Å². The Labute approximate surface area is 210 Å². The number of aliphatic hydroxyl groups is 1. The molecule has 184 valence electrons. The van der Waals surface area contributed by atoms with E-state index in [9.17, 15) is 19.5 Å². The van der Waals surface area contributed by atoms with Crippen molar-refractivity contribution in [1.82, 2.24) is 4.98 Å². The van der Waals surface area contributed by atoms with E-state index in [-0.39, 0.29) is 17.3 Å². The molecular formula is C29H28N2O5. The minimum atomic E-state index is -0.886. The van der Waals surface area contributed by atoms with Gasteiger partial charge in [-0.25, -0.2) is 4.79 Å². The van der Waals surface area contributed by atoms with Crippen LogP contribution >= 0.6 is 0 Å². The van der Waals surface area contributed by atoms with Crippen molar-refractivity contribution in [2.75, 3.05) is 11.5 Å². The minimum Gasteiger partial charge on any atom is -0.507 e. The summed E-state index contributed by atoms with van der Waals surface area (Å²) in [5, 5.41) is 11.2. The highest BCUT2D eigenvalue weighted by molar-refractivity contribution is 6.51. The average molecular weight is 485 g/mol. The van der Waals surface area contributed by atoms with Crippen molar-refractivity contribution < 1.29 is 24.2 Å². The zero-order valence-electron chi connectivity index (χ0n) is 20.5. The van der Waals surface area contributed by atoms with Gasteiger partial charge in [0.1, 0.15) is 5.76 Å². The van der Waals surface area contributed by atoms with E-state index in [4.69, 9.17) is 4.74 Å². The van der Waals surface area contributed by atoms with Gasteiger partial charge >= 0.3 is 5.97 Å². The number of anilines is 1. The van der Waals surface area contributed by atoms with E-state index in [2.05, 4.69) is 4.98 Å². The number of ketones is 1. The van der Waals surface area contributed by atoms with E-state index in [0.29, 0.717) is 29.0 Å². The number of Topliss-reactive ketones (excluding diaryl/α,β-unsaturated/α-hetero) is 1. The Balaban J connectivity index is 1.76. The lowest BCUT2D eigenvalue weighted by Crippen LogP contribution is -2.29. The van der Waals surface area contributed by atoms with Gasteiger partial charge in [-0.05, 0) is 53.8 Å². The SMILES string of the molecule is CCc1ccc(/C(O)=C2\C(=O)C(=O)N(c3ccc(C(=O)OCC(C)C)cc3)C2c2cccnc2)cc1. The van der Waals surface area contributed by atoms with Crippen LogP contribution in [0.5, 0.6) is 0 Å². The summed E-state index contributed by atoms with van der Waals surface area (Å²) in [6.07, 6.45) is 3.99. The smallest absolute Gasteiger partial charge is 0.338 e. The summed E-state index contributed by atoms with van der Waals surface area (Å²) in [6.45, 7) is 6.22. The number of aromatic nitrogens is 1. The molecular weight excluding hydrogens is 456 g/mol. The van der Waals surface area contributed by atoms with Gasteiger partial charge < -0.3 is 9.84 Å². The van der Waals surface area contributed by atoms with E-state index < -0.39 is 23.7 Å². The van der Waals surface area contributed by atoms with Gasteiger partial charge in [0, 0.05) is 23.6 Å². The third-order valence-corrected chi connectivity index (χ3v) is 6.01. The first-order valence-corrected chi connectivity index (χ1v) is 11.9. The molecule has 3 aromatic rings. The van der Waals surface area contributed by atoms with E-state index in [1.807, 2.05) is 32.9 Å². The van der Waals surface area contributed by atoms with Gasteiger partial charge in [-0.3, -0.25) is 19.5 Å². The molecule has 1 fully saturated rings. The maximum absolute atomic E-state index is 13.3. The van der Waals surface area contributed by atoms with Crippen LogP contribution in [0, 0.1) is 5.92 Å². The summed E-state index contributed by atoms with van der Waals surface area (Å²) in [7, 11) is 0. The Hall–Kier alpha value is -4.26. The molecule has 0 bridgehead atoms. The van der Waals surface area contributed by atoms with Gasteiger partial charge in [0.25, 0.3) is 11.7 Å². The van der Waals surface area contributed by atoms with Crippen LogP contribution in [0.25, 0.3) is 5.76 Å². The number of nitrogens with zero attached hydrogens (tertiary/aromatic N) is 2. The van der Waals surface area contributed by atoms with Crippen molar-refractivity contribution in [3.05, 3.63) is 101 Å². The summed E-state index contributed by atoms with van der Waals surface area (Å²) in [6, 6.07) is 16.1. The second-order valence-electron chi connectivity index (χ2n) is 9.05. The zero-order valence-corrected chi connectivity index (χ0v) is 20.5. The molecule has 2 aromatic carbocycles. The highest BCUT2D eigenvalue weighted by atomic mass is 16.5. The van der Waals surface area contributed by atoms with E-state index in [0.717, 1.165) is 12.0 Å². The maximum atomic E-state index is 13.3. The molecule has 0 saturated carbocycles. The fourth-order valence-electron chi connectivity index (χ4n) is 4.09. The lowest BCUT2D eigenvalue weighted by molar-refractivity contribution is -0.132. The molecule has 1 atom stereocenters. The molecule has 1 amide bonds. The summed E-state index contributed by atoms with van der Waals surface area (Å²) < 4.78 is 5.28. The molecule has 0 aliphatic carbocycles. The first kappa shape index (κ1) is 24.9. The fourth-order valence-corrected chi connectivity index (χ4v) is 4.09. The summed E-state index contributed by atoms with van der Waals surface area (Å²) in [5.74, 6) is -2.07. The number of rotatable bonds is 7. The predicted molar refractivity (Wildman–Crippen MR) is 136 cm³/mol. The number of ether oxygens (including phenoxy) is 1. The lowest BCUT2D eigenvalue weighted by atomic mass is 9.95. The molecule has 36 heavy (non-hydrogen) atoms. The number of hydrogen-bond donors (Lipinski definition) is 1. The molecule has 4 rings (SSSR count). The third kappa shape index (κ3) is 4.91. The van der Waals surface area contributed by atoms with Crippen molar-refractivity contribution >= 4 is 29.1 Å². The van der Waals surface area contributed by atoms with Gasteiger partial charge in [0.15, 0.2) is 0 Å². The van der Waals surface area contributed by atoms with E-state index in [1.165, 1.54) is 4.90 Å². The molecule has 1 N–H and O–H groups in total. The van der Waals surface area contributed by atoms with Crippen LogP contribution in [0.1, 0.15) is 53.9 Å². The number of esters is 1. The van der Waals surface area contributed by atoms with Crippen LogP contribution in [0.4, 0.5) is 5.69 Å². The standard InChI is InChI=1S/C29H28N2O5/c1-4-19-7-9-20(10-8-19)26(32)24-25(22-6-5-15-30-16-22)31(28(34)27(24)33)23-13-11-21(12-14-23)29(35)36-17-18(2)3/h5-16,18,25,32H,4,17H2,1-3H3/b26-24+. The van der Waals surface area contributed by atoms with Gasteiger partial charge in [0.2, 0.25) is 0 Å². The number of carbonyl (C=O) groups excluding carboxylic acids is 3. The number of benzene rings is 2. The van der Waals surface area contributed by atoms with Crippen LogP contribution < -0.4 is 4.90 Å². The first-order valence-electron chi connectivity index (χ1n) is 11.9. The monoisotopic (exact) mass is 484 g/mol. The average Bonchev–Trinajstić information content (AvgIpc) is 3.17. The van der Waals surface area contributed by atoms with Crippen LogP contribution in [0.2, 0.25) is 0 Å². The molecule has 0 radical (unpaired) electrons. The third-order valence-electron chi connectivity index (χ3n) is 6.01. The largest absolute Gasteiger partial charge is 0.507 e. The fraction of sp³-hybridized carbons (Fsp3) is 0.241. The van der Waals surface area contributed by atoms with Crippen LogP contribution in [-0.2, 0) is 20.7 Å². The molecule has 1 unspecified atom stereocenters. The predicted octanol–water partition coefficient (Wildman–Crippen LogP) is 5.08. The van der Waals surface area contributed by atoms with Gasteiger partial charge in [-0.15, -0.1) is 0 Å². The van der Waals surface area contributed by atoms with Gasteiger partial charge in [0.05, 0.1) is 23.8 Å². The maximum Gasteiger partial charge on any atom is 0.338 e. The first-order chi connectivity index (χ1) is 17.3. The Morgan fingerprint density at radius 3 is 2.28 bits per heavy atom. The van der Waals surface area contributed by atoms with Crippen molar-refractivity contribution in [3.63, 3.8) is 0 Å². The number of aryl methyl sites for hydroxylation is 1. The van der Waals surface area contributed by atoms with E-state index >= 15 is 0 Å². The molecule has 1 aromatic heterocycles. The number of aliphatic hydroxyl groups excluding tert-OH is 1. The van der Waals surface area contributed by atoms with Crippen molar-refractivity contribution in [2.24, 2.45) is 5.92 Å². The quantitative estimate of drug-likeness (QED) is 0.217. The summed E-state index contributed by atoms with van der Waals surface area (Å²) in [4.78, 5) is 44.3. The Bertz CT molecular complexity index is 1300. The number of carbonyl (C=O) groups is 3. The second kappa shape index (κ2) is 10.6. The molecule has 1 aliphatic heterocycles. The molecule has 1 aliphatic rings. The Kier molecular flexibility index (Phi) is 7.29. The van der Waals surface area contributed by atoms with Gasteiger partial charge in [-0.1, -0.05) is 51.1 Å². The number of hydrogen-bond acceptors (Lipinski definition) is 6. The molecule has 7 heteroatoms. The molecule has 7 nitrogen and oxygen atoms in total. The normalized spacial score (nSPS) is 17.0. The Morgan fingerprint density at radius 1 is 1.03 bits per heavy atom. The summed E-state index contributed by atoms with van der Waals surface area (Å²) >= 11 is 0. The molecule has 1 saturated heterocycles. The second-order valence-corrected chi connectivity index (χ2v) is 9.05. The molecule has 2 heterocycles. The van der Waals surface area contributed by atoms with Crippen molar-refractivity contribution in [2.45, 2.75) is 33.2 Å². The highest BCUT2D eigenvalue weighted by Crippen LogP contribution is 2.42. The van der Waals surface area contributed by atoms with Crippen LogP contribution in [-0.4, -0.2) is 34.4 Å². The summed E-state index contributed by atoms with van der Waals surface area (Å²) in [5.41, 5.74) is 2.84. The zero-order chi connectivity index (χ0) is 25.8. The topological polar surface area (TPSA) is 96.8 Å². The lowest BCUT2D eigenvalue weighted by Gasteiger charge is -2.25. The van der Waals surface area contributed by atoms with E-state index in [1.54, 1.807) is 60.9 Å². The van der Waals surface area contributed by atoms with Crippen molar-refractivity contribution in [3.8, 4) is 0 Å². The number of pyridine rings is 1. The molecule has 0 spiro atoms. The van der Waals surface area contributed by atoms with Crippen molar-refractivity contribution in [1.29, 1.82) is 0 Å². The van der Waals surface area contributed by atoms with Crippen LogP contribution in [0.3, 0.4) is 0 Å².